The Morgan fingerprint density at radius 3 is 2.80 bits per heavy atom. The third-order valence-electron chi connectivity index (χ3n) is 2.58. The molecule has 0 aromatic heterocycles. The zero-order valence-electron chi connectivity index (χ0n) is 11.3. The summed E-state index contributed by atoms with van der Waals surface area (Å²) >= 11 is 5.81. The van der Waals surface area contributed by atoms with Crippen molar-refractivity contribution in [2.45, 2.75) is 19.9 Å². The Hall–Kier alpha value is -1.95. The zero-order chi connectivity index (χ0) is 15.1. The van der Waals surface area contributed by atoms with Crippen LogP contribution in [0.4, 0.5) is 0 Å². The Morgan fingerprint density at radius 2 is 2.25 bits per heavy atom. The number of ether oxygens (including phenoxy) is 1. The zero-order valence-corrected chi connectivity index (χ0v) is 12.1. The fraction of sp³-hybridized carbons (Fsp3) is 0.385. The van der Waals surface area contributed by atoms with Gasteiger partial charge in [0.2, 0.25) is 0 Å². The van der Waals surface area contributed by atoms with Crippen molar-refractivity contribution in [2.24, 2.45) is 16.8 Å². The van der Waals surface area contributed by atoms with Crippen LogP contribution in [0.2, 0.25) is 5.02 Å². The molecule has 0 aliphatic heterocycles. The lowest BCUT2D eigenvalue weighted by Crippen LogP contribution is -2.49. The van der Waals surface area contributed by atoms with Gasteiger partial charge in [-0.1, -0.05) is 36.7 Å². The van der Waals surface area contributed by atoms with E-state index in [0.717, 1.165) is 0 Å². The van der Waals surface area contributed by atoms with Crippen molar-refractivity contribution in [2.75, 3.05) is 6.61 Å². The summed E-state index contributed by atoms with van der Waals surface area (Å²) in [5.74, 6) is 0.0740. The molecular weight excluding hydrogens is 282 g/mol. The predicted octanol–water partition coefficient (Wildman–Crippen LogP) is 1.61. The van der Waals surface area contributed by atoms with Crippen LogP contribution in [0.25, 0.3) is 0 Å². The summed E-state index contributed by atoms with van der Waals surface area (Å²) < 4.78 is 5.30. The molecule has 1 amide bonds. The van der Waals surface area contributed by atoms with Crippen LogP contribution in [0, 0.1) is 5.92 Å². The molecule has 20 heavy (non-hydrogen) atoms. The monoisotopic (exact) mass is 299 g/mol. The molecule has 4 N–H and O–H groups in total. The number of nitrogens with two attached hydrogens (primary N) is 1. The van der Waals surface area contributed by atoms with Crippen molar-refractivity contribution in [1.82, 2.24) is 5.32 Å². The fourth-order valence-corrected chi connectivity index (χ4v) is 1.75. The highest BCUT2D eigenvalue weighted by Crippen LogP contribution is 2.16. The van der Waals surface area contributed by atoms with Crippen LogP contribution >= 0.6 is 11.6 Å². The van der Waals surface area contributed by atoms with Gasteiger partial charge in [0.15, 0.2) is 12.4 Å². The van der Waals surface area contributed by atoms with Crippen molar-refractivity contribution in [3.8, 4) is 5.75 Å². The number of rotatable bonds is 6. The van der Waals surface area contributed by atoms with E-state index in [9.17, 15) is 4.79 Å². The molecule has 0 saturated carbocycles. The van der Waals surface area contributed by atoms with Gasteiger partial charge in [0.05, 0.1) is 6.04 Å². The highest BCUT2D eigenvalue weighted by molar-refractivity contribution is 6.30. The number of hydrogen-bond donors (Lipinski definition) is 3. The fourth-order valence-electron chi connectivity index (χ4n) is 1.57. The second kappa shape index (κ2) is 7.59. The van der Waals surface area contributed by atoms with Gasteiger partial charge in [0, 0.05) is 5.02 Å². The number of nitrogens with one attached hydrogen (secondary N) is 1. The van der Waals surface area contributed by atoms with Crippen LogP contribution in [0.1, 0.15) is 13.8 Å². The van der Waals surface area contributed by atoms with Gasteiger partial charge in [-0.3, -0.25) is 4.79 Å². The number of nitrogens with zero attached hydrogens (tertiary/aromatic N) is 1. The number of amides is 1. The van der Waals surface area contributed by atoms with Gasteiger partial charge in [-0.15, -0.1) is 0 Å². The lowest BCUT2D eigenvalue weighted by molar-refractivity contribution is -0.123. The standard InChI is InChI=1S/C13H18ClN3O3/c1-8(2)12(13(15)17-19)16-11(18)7-20-10-5-3-4-9(14)6-10/h3-6,8,12,19H,7H2,1-2H3,(H2,15,17)(H,16,18). The van der Waals surface area contributed by atoms with Crippen LogP contribution < -0.4 is 15.8 Å². The van der Waals surface area contributed by atoms with Gasteiger partial charge in [-0.25, -0.2) is 0 Å². The van der Waals surface area contributed by atoms with Crippen LogP contribution in [0.3, 0.4) is 0 Å². The smallest absolute Gasteiger partial charge is 0.258 e. The normalized spacial score (nSPS) is 13.1. The molecular formula is C13H18ClN3O3. The molecule has 0 spiro atoms. The number of halogens is 1. The third-order valence-corrected chi connectivity index (χ3v) is 2.82. The number of hydrogen-bond acceptors (Lipinski definition) is 4. The number of carbonyl (C=O) groups is 1. The van der Waals surface area contributed by atoms with Crippen molar-refractivity contribution in [1.29, 1.82) is 0 Å². The van der Waals surface area contributed by atoms with Gasteiger partial charge >= 0.3 is 0 Å². The molecule has 0 saturated heterocycles. The lowest BCUT2D eigenvalue weighted by atomic mass is 10.0. The van der Waals surface area contributed by atoms with Gasteiger partial charge in [0.25, 0.3) is 5.91 Å². The summed E-state index contributed by atoms with van der Waals surface area (Å²) in [6.45, 7) is 3.52. The number of carbonyl (C=O) groups excluding carboxylic acids is 1. The summed E-state index contributed by atoms with van der Waals surface area (Å²) in [5.41, 5.74) is 5.52. The first-order chi connectivity index (χ1) is 9.43. The van der Waals surface area contributed by atoms with Crippen LogP contribution in [-0.4, -0.2) is 29.6 Å². The predicted molar refractivity (Wildman–Crippen MR) is 77.1 cm³/mol. The van der Waals surface area contributed by atoms with E-state index in [2.05, 4.69) is 10.5 Å². The van der Waals surface area contributed by atoms with Gasteiger partial charge in [-0.2, -0.15) is 0 Å². The number of amidine groups is 1. The second-order valence-electron chi connectivity index (χ2n) is 4.56. The van der Waals surface area contributed by atoms with Gasteiger partial charge < -0.3 is 21.0 Å². The average Bonchev–Trinajstić information content (AvgIpc) is 2.41. The molecule has 0 bridgehead atoms. The molecule has 0 radical (unpaired) electrons. The second-order valence-corrected chi connectivity index (χ2v) is 5.00. The van der Waals surface area contributed by atoms with E-state index in [4.69, 9.17) is 27.3 Å². The molecule has 6 nitrogen and oxygen atoms in total. The summed E-state index contributed by atoms with van der Waals surface area (Å²) in [6, 6.07) is 6.20. The maximum Gasteiger partial charge on any atom is 0.258 e. The molecule has 1 aromatic carbocycles. The summed E-state index contributed by atoms with van der Waals surface area (Å²) in [4.78, 5) is 11.8. The first-order valence-electron chi connectivity index (χ1n) is 6.09. The molecule has 1 unspecified atom stereocenters. The lowest BCUT2D eigenvalue weighted by Gasteiger charge is -2.20. The minimum Gasteiger partial charge on any atom is -0.484 e. The topological polar surface area (TPSA) is 96.9 Å². The summed E-state index contributed by atoms with van der Waals surface area (Å²) in [5, 5.41) is 14.8. The van der Waals surface area contributed by atoms with Crippen molar-refractivity contribution in [3.05, 3.63) is 29.3 Å². The first-order valence-corrected chi connectivity index (χ1v) is 6.47. The van der Waals surface area contributed by atoms with E-state index < -0.39 is 6.04 Å². The maximum absolute atomic E-state index is 11.8. The van der Waals surface area contributed by atoms with Gasteiger partial charge in [0.1, 0.15) is 5.75 Å². The minimum atomic E-state index is -0.546. The molecule has 0 heterocycles. The molecule has 0 aliphatic carbocycles. The number of oxime groups is 1. The molecule has 0 fully saturated rings. The van der Waals surface area contributed by atoms with E-state index in [1.807, 2.05) is 13.8 Å². The Kier molecular flexibility index (Phi) is 6.11. The van der Waals surface area contributed by atoms with E-state index in [0.29, 0.717) is 10.8 Å². The van der Waals surface area contributed by atoms with E-state index in [1.54, 1.807) is 24.3 Å². The third kappa shape index (κ3) is 4.97. The van der Waals surface area contributed by atoms with E-state index in [1.165, 1.54) is 0 Å². The molecule has 7 heteroatoms. The van der Waals surface area contributed by atoms with Crippen molar-refractivity contribution < 1.29 is 14.7 Å². The average molecular weight is 300 g/mol. The molecule has 110 valence electrons. The van der Waals surface area contributed by atoms with Crippen LogP contribution in [-0.2, 0) is 4.79 Å². The Balaban J connectivity index is 2.54. The van der Waals surface area contributed by atoms with E-state index in [-0.39, 0.29) is 24.3 Å². The Bertz CT molecular complexity index is 492. The van der Waals surface area contributed by atoms with Crippen molar-refractivity contribution in [3.63, 3.8) is 0 Å². The highest BCUT2D eigenvalue weighted by Gasteiger charge is 2.20. The molecule has 1 atom stereocenters. The SMILES string of the molecule is CC(C)C(NC(=O)COc1cccc(Cl)c1)C(N)=NO. The minimum absolute atomic E-state index is 0.0129. The van der Waals surface area contributed by atoms with Gasteiger partial charge in [-0.05, 0) is 24.1 Å². The van der Waals surface area contributed by atoms with Crippen LogP contribution in [0.5, 0.6) is 5.75 Å². The molecule has 0 aliphatic rings. The van der Waals surface area contributed by atoms with Crippen LogP contribution in [0.15, 0.2) is 29.4 Å². The summed E-state index contributed by atoms with van der Waals surface area (Å²) in [7, 11) is 0. The van der Waals surface area contributed by atoms with Crippen molar-refractivity contribution >= 4 is 23.3 Å². The maximum atomic E-state index is 11.8. The summed E-state index contributed by atoms with van der Waals surface area (Å²) in [6.07, 6.45) is 0. The highest BCUT2D eigenvalue weighted by atomic mass is 35.5. The Morgan fingerprint density at radius 1 is 1.55 bits per heavy atom. The quantitative estimate of drug-likeness (QED) is 0.322. The molecule has 1 rings (SSSR count). The van der Waals surface area contributed by atoms with E-state index >= 15 is 0 Å². The molecule has 1 aromatic rings. The number of benzene rings is 1. The largest absolute Gasteiger partial charge is 0.484 e. The first kappa shape index (κ1) is 16.1. The Labute approximate surface area is 122 Å².